The van der Waals surface area contributed by atoms with E-state index >= 15 is 0 Å². The third kappa shape index (κ3) is 3.77. The molecule has 2 fully saturated rings. The van der Waals surface area contributed by atoms with Crippen LogP contribution >= 0.6 is 0 Å². The zero-order valence-corrected chi connectivity index (χ0v) is 10.3. The first-order valence-corrected chi connectivity index (χ1v) is 6.62. The van der Waals surface area contributed by atoms with E-state index in [0.29, 0.717) is 6.04 Å². The van der Waals surface area contributed by atoms with E-state index in [1.165, 1.54) is 38.6 Å². The maximum Gasteiger partial charge on any atom is 0.0967 e. The van der Waals surface area contributed by atoms with Gasteiger partial charge in [0.25, 0.3) is 0 Å². The lowest BCUT2D eigenvalue weighted by Crippen LogP contribution is -2.35. The molecule has 0 aromatic heterocycles. The van der Waals surface area contributed by atoms with Crippen molar-refractivity contribution in [3.05, 3.63) is 0 Å². The summed E-state index contributed by atoms with van der Waals surface area (Å²) in [6, 6.07) is 3.08. The fourth-order valence-electron chi connectivity index (χ4n) is 2.28. The van der Waals surface area contributed by atoms with Gasteiger partial charge in [0, 0.05) is 19.1 Å². The van der Waals surface area contributed by atoms with E-state index < -0.39 is 0 Å². The van der Waals surface area contributed by atoms with Crippen LogP contribution in [0.3, 0.4) is 0 Å². The zero-order chi connectivity index (χ0) is 11.4. The largest absolute Gasteiger partial charge is 0.306 e. The van der Waals surface area contributed by atoms with E-state index in [1.54, 1.807) is 0 Å². The molecule has 0 aromatic rings. The Morgan fingerprint density at radius 2 is 2.12 bits per heavy atom. The van der Waals surface area contributed by atoms with Crippen LogP contribution in [0.1, 0.15) is 38.5 Å². The van der Waals surface area contributed by atoms with Crippen LogP contribution in [0, 0.1) is 17.2 Å². The third-order valence-corrected chi connectivity index (χ3v) is 3.76. The Hall–Kier alpha value is -0.590. The quantitative estimate of drug-likeness (QED) is 0.712. The van der Waals surface area contributed by atoms with Gasteiger partial charge in [-0.2, -0.15) is 5.26 Å². The molecule has 0 heterocycles. The highest BCUT2D eigenvalue weighted by Crippen LogP contribution is 2.26. The number of nitrogens with one attached hydrogen (secondary N) is 1. The van der Waals surface area contributed by atoms with Crippen molar-refractivity contribution in [3.8, 4) is 6.07 Å². The fourth-order valence-corrected chi connectivity index (χ4v) is 2.28. The summed E-state index contributed by atoms with van der Waals surface area (Å²) in [6.07, 6.45) is 7.73. The number of nitriles is 1. The molecule has 90 valence electrons. The second-order valence-electron chi connectivity index (χ2n) is 5.47. The highest BCUT2D eigenvalue weighted by Gasteiger charge is 2.25. The molecule has 1 N–H and O–H groups in total. The van der Waals surface area contributed by atoms with E-state index in [-0.39, 0.29) is 6.04 Å². The molecule has 0 aromatic carbocycles. The Balaban J connectivity index is 1.58. The molecule has 1 unspecified atom stereocenters. The van der Waals surface area contributed by atoms with Gasteiger partial charge in [-0.15, -0.1) is 0 Å². The lowest BCUT2D eigenvalue weighted by molar-refractivity contribution is 0.201. The molecule has 0 aliphatic heterocycles. The van der Waals surface area contributed by atoms with Gasteiger partial charge in [-0.25, -0.2) is 0 Å². The first-order valence-electron chi connectivity index (χ1n) is 6.62. The summed E-state index contributed by atoms with van der Waals surface area (Å²) in [5.41, 5.74) is 0. The standard InChI is InChI=1S/C13H23N3/c1-16(10-11-3-2-4-11)8-7-13(9-14)15-12-5-6-12/h11-13,15H,2-8,10H2,1H3. The van der Waals surface area contributed by atoms with Crippen molar-refractivity contribution in [2.24, 2.45) is 5.92 Å². The summed E-state index contributed by atoms with van der Waals surface area (Å²) in [6.45, 7) is 2.27. The monoisotopic (exact) mass is 221 g/mol. The summed E-state index contributed by atoms with van der Waals surface area (Å²) in [4.78, 5) is 2.39. The average molecular weight is 221 g/mol. The predicted octanol–water partition coefficient (Wildman–Crippen LogP) is 1.75. The van der Waals surface area contributed by atoms with Gasteiger partial charge in [-0.05, 0) is 45.1 Å². The number of nitrogens with zero attached hydrogens (tertiary/aromatic N) is 2. The van der Waals surface area contributed by atoms with Crippen molar-refractivity contribution in [1.82, 2.24) is 10.2 Å². The molecule has 2 aliphatic rings. The molecule has 0 radical (unpaired) electrons. The number of rotatable bonds is 7. The highest BCUT2D eigenvalue weighted by atomic mass is 15.1. The van der Waals surface area contributed by atoms with Crippen LogP contribution in [0.25, 0.3) is 0 Å². The molecule has 16 heavy (non-hydrogen) atoms. The molecule has 0 amide bonds. The molecule has 0 saturated heterocycles. The molecular weight excluding hydrogens is 198 g/mol. The van der Waals surface area contributed by atoms with Crippen LogP contribution in [0.5, 0.6) is 0 Å². The summed E-state index contributed by atoms with van der Waals surface area (Å²) >= 11 is 0. The van der Waals surface area contributed by atoms with Crippen molar-refractivity contribution in [2.45, 2.75) is 50.6 Å². The van der Waals surface area contributed by atoms with E-state index in [2.05, 4.69) is 23.3 Å². The molecule has 1 atom stereocenters. The van der Waals surface area contributed by atoms with Crippen LogP contribution in [-0.2, 0) is 0 Å². The summed E-state index contributed by atoms with van der Waals surface area (Å²) in [5, 5.41) is 12.4. The second kappa shape index (κ2) is 5.65. The minimum atomic E-state index is 0.0661. The van der Waals surface area contributed by atoms with Gasteiger partial charge in [-0.1, -0.05) is 6.42 Å². The van der Waals surface area contributed by atoms with Crippen LogP contribution in [0.4, 0.5) is 0 Å². The molecule has 3 heteroatoms. The fraction of sp³-hybridized carbons (Fsp3) is 0.923. The first-order chi connectivity index (χ1) is 7.78. The van der Waals surface area contributed by atoms with E-state index in [0.717, 1.165) is 18.9 Å². The van der Waals surface area contributed by atoms with Crippen molar-refractivity contribution >= 4 is 0 Å². The normalized spacial score (nSPS) is 22.8. The van der Waals surface area contributed by atoms with E-state index in [9.17, 15) is 0 Å². The van der Waals surface area contributed by atoms with Gasteiger partial charge >= 0.3 is 0 Å². The molecule has 0 spiro atoms. The Bertz CT molecular complexity index is 250. The van der Waals surface area contributed by atoms with Crippen LogP contribution in [0.2, 0.25) is 0 Å². The zero-order valence-electron chi connectivity index (χ0n) is 10.3. The Labute approximate surface area is 98.8 Å². The molecule has 3 nitrogen and oxygen atoms in total. The van der Waals surface area contributed by atoms with Crippen LogP contribution < -0.4 is 5.32 Å². The Morgan fingerprint density at radius 3 is 2.62 bits per heavy atom. The lowest BCUT2D eigenvalue weighted by atomic mass is 9.85. The van der Waals surface area contributed by atoms with Gasteiger partial charge in [0.2, 0.25) is 0 Å². The van der Waals surface area contributed by atoms with Gasteiger partial charge in [0.05, 0.1) is 12.1 Å². The molecule has 2 aliphatic carbocycles. The Kier molecular flexibility index (Phi) is 4.20. The van der Waals surface area contributed by atoms with Gasteiger partial charge < -0.3 is 4.90 Å². The molecular formula is C13H23N3. The minimum Gasteiger partial charge on any atom is -0.306 e. The van der Waals surface area contributed by atoms with E-state index in [1.807, 2.05) is 0 Å². The average Bonchev–Trinajstić information content (AvgIpc) is 3.02. The summed E-state index contributed by atoms with van der Waals surface area (Å²) < 4.78 is 0. The Morgan fingerprint density at radius 1 is 1.38 bits per heavy atom. The SMILES string of the molecule is CN(CCC(C#N)NC1CC1)CC1CCC1. The maximum absolute atomic E-state index is 9.02. The number of hydrogen-bond acceptors (Lipinski definition) is 3. The summed E-state index contributed by atoms with van der Waals surface area (Å²) in [7, 11) is 2.18. The van der Waals surface area contributed by atoms with Gasteiger partial charge in [0.15, 0.2) is 0 Å². The molecule has 2 saturated carbocycles. The highest BCUT2D eigenvalue weighted by molar-refractivity contribution is 4.96. The van der Waals surface area contributed by atoms with E-state index in [4.69, 9.17) is 5.26 Å². The minimum absolute atomic E-state index is 0.0661. The maximum atomic E-state index is 9.02. The van der Waals surface area contributed by atoms with Crippen molar-refractivity contribution in [1.29, 1.82) is 5.26 Å². The molecule has 2 rings (SSSR count). The van der Waals surface area contributed by atoms with Gasteiger partial charge in [-0.3, -0.25) is 5.32 Å². The number of hydrogen-bond donors (Lipinski definition) is 1. The first kappa shape index (κ1) is 11.9. The second-order valence-corrected chi connectivity index (χ2v) is 5.47. The van der Waals surface area contributed by atoms with Gasteiger partial charge in [0.1, 0.15) is 0 Å². The summed E-state index contributed by atoms with van der Waals surface area (Å²) in [5.74, 6) is 0.932. The third-order valence-electron chi connectivity index (χ3n) is 3.76. The topological polar surface area (TPSA) is 39.1 Å². The predicted molar refractivity (Wildman–Crippen MR) is 65.0 cm³/mol. The van der Waals surface area contributed by atoms with Crippen molar-refractivity contribution in [3.63, 3.8) is 0 Å². The van der Waals surface area contributed by atoms with Crippen LogP contribution in [-0.4, -0.2) is 37.1 Å². The smallest absolute Gasteiger partial charge is 0.0967 e. The molecule has 0 bridgehead atoms. The lowest BCUT2D eigenvalue weighted by Gasteiger charge is -2.30. The van der Waals surface area contributed by atoms with Crippen LogP contribution in [0.15, 0.2) is 0 Å². The van der Waals surface area contributed by atoms with Crippen molar-refractivity contribution in [2.75, 3.05) is 20.1 Å². The van der Waals surface area contributed by atoms with Crippen molar-refractivity contribution < 1.29 is 0 Å².